The van der Waals surface area contributed by atoms with E-state index in [2.05, 4.69) is 18.5 Å². The number of carbonyl (C=O) groups excluding carboxylic acids is 1. The van der Waals surface area contributed by atoms with Gasteiger partial charge < -0.3 is 5.32 Å². The first-order chi connectivity index (χ1) is 3.70. The van der Waals surface area contributed by atoms with Crippen LogP contribution in [0.15, 0.2) is 24.4 Å². The third kappa shape index (κ3) is 0.644. The second-order valence-electron chi connectivity index (χ2n) is 1.81. The molecule has 1 aliphatic heterocycles. The number of allylic oxidation sites excluding steroid dienone is 1. The molecule has 1 fully saturated rings. The highest BCUT2D eigenvalue weighted by atomic mass is 16.1. The summed E-state index contributed by atoms with van der Waals surface area (Å²) in [5, 5.41) is 2.53. The maximum atomic E-state index is 10.4. The van der Waals surface area contributed by atoms with Gasteiger partial charge in [0.05, 0.1) is 6.42 Å². The Balaban J connectivity index is 2.79. The van der Waals surface area contributed by atoms with Crippen molar-refractivity contribution in [3.8, 4) is 0 Å². The Bertz CT molecular complexity index is 151. The Labute approximate surface area is 47.9 Å². The van der Waals surface area contributed by atoms with E-state index >= 15 is 0 Å². The van der Waals surface area contributed by atoms with Gasteiger partial charge in [0, 0.05) is 5.70 Å². The fourth-order valence-electron chi connectivity index (χ4n) is 0.601. The predicted molar refractivity (Wildman–Crippen MR) is 31.0 cm³/mol. The van der Waals surface area contributed by atoms with E-state index in [0.29, 0.717) is 12.1 Å². The first kappa shape index (κ1) is 5.09. The Morgan fingerprint density at radius 1 is 1.50 bits per heavy atom. The molecule has 0 bridgehead atoms. The van der Waals surface area contributed by atoms with Crippen molar-refractivity contribution < 1.29 is 4.79 Å². The first-order valence-corrected chi connectivity index (χ1v) is 2.37. The Hall–Kier alpha value is -1.05. The molecule has 2 nitrogen and oxygen atoms in total. The number of hydrogen-bond donors (Lipinski definition) is 1. The van der Waals surface area contributed by atoms with E-state index in [4.69, 9.17) is 0 Å². The van der Waals surface area contributed by atoms with Crippen molar-refractivity contribution in [1.82, 2.24) is 5.32 Å². The highest BCUT2D eigenvalue weighted by molar-refractivity contribution is 5.86. The summed E-state index contributed by atoms with van der Waals surface area (Å²) in [5.41, 5.74) is 1.46. The molecule has 0 unspecified atom stereocenters. The molecule has 0 aromatic carbocycles. The summed E-state index contributed by atoms with van der Waals surface area (Å²) in [7, 11) is 0. The fourth-order valence-corrected chi connectivity index (χ4v) is 0.601. The van der Waals surface area contributed by atoms with E-state index in [-0.39, 0.29) is 5.91 Å². The average molecular weight is 109 g/mol. The fraction of sp³-hybridized carbons (Fsp3) is 0.167. The Morgan fingerprint density at radius 2 is 2.12 bits per heavy atom. The summed E-state index contributed by atoms with van der Waals surface area (Å²) in [5.74, 6) is 0.000000000000000222. The normalized spacial score (nSPS) is 19.2. The zero-order chi connectivity index (χ0) is 6.15. The first-order valence-electron chi connectivity index (χ1n) is 2.37. The summed E-state index contributed by atoms with van der Waals surface area (Å²) < 4.78 is 0. The molecular weight excluding hydrogens is 102 g/mol. The van der Waals surface area contributed by atoms with Crippen LogP contribution in [0, 0.1) is 0 Å². The molecule has 0 radical (unpaired) electrons. The van der Waals surface area contributed by atoms with E-state index in [9.17, 15) is 4.79 Å². The number of amides is 1. The smallest absolute Gasteiger partial charge is 0.228 e. The van der Waals surface area contributed by atoms with Crippen molar-refractivity contribution in [1.29, 1.82) is 0 Å². The van der Waals surface area contributed by atoms with Crippen molar-refractivity contribution >= 4 is 5.91 Å². The molecule has 42 valence electrons. The van der Waals surface area contributed by atoms with Crippen LogP contribution in [0.1, 0.15) is 6.42 Å². The van der Waals surface area contributed by atoms with Gasteiger partial charge in [-0.15, -0.1) is 0 Å². The maximum Gasteiger partial charge on any atom is 0.228 e. The number of carbonyl (C=O) groups is 1. The molecule has 0 spiro atoms. The quantitative estimate of drug-likeness (QED) is 0.484. The van der Waals surface area contributed by atoms with Gasteiger partial charge in [-0.2, -0.15) is 0 Å². The van der Waals surface area contributed by atoms with Gasteiger partial charge >= 0.3 is 0 Å². The standard InChI is InChI=1S/C6H7NO/c1-4-3-6(8)7-5(4)2/h1-3H2,(H,7,8). The molecule has 1 heterocycles. The van der Waals surface area contributed by atoms with Crippen molar-refractivity contribution in [3.05, 3.63) is 24.4 Å². The minimum absolute atomic E-state index is 0.000000000000000222. The lowest BCUT2D eigenvalue weighted by Crippen LogP contribution is -2.10. The molecule has 1 N–H and O–H groups in total. The van der Waals surface area contributed by atoms with Crippen LogP contribution in [0.4, 0.5) is 0 Å². The topological polar surface area (TPSA) is 29.1 Å². The summed E-state index contributed by atoms with van der Waals surface area (Å²) in [6.45, 7) is 7.16. The average Bonchev–Trinajstić information content (AvgIpc) is 1.85. The molecule has 8 heavy (non-hydrogen) atoms. The van der Waals surface area contributed by atoms with Crippen molar-refractivity contribution in [2.45, 2.75) is 6.42 Å². The van der Waals surface area contributed by atoms with Crippen LogP contribution in [-0.2, 0) is 4.79 Å². The summed E-state index contributed by atoms with van der Waals surface area (Å²) in [6.07, 6.45) is 0.416. The molecule has 0 aliphatic carbocycles. The van der Waals surface area contributed by atoms with Gasteiger partial charge in [-0.05, 0) is 5.57 Å². The van der Waals surface area contributed by atoms with E-state index in [1.54, 1.807) is 0 Å². The zero-order valence-electron chi connectivity index (χ0n) is 4.53. The lowest BCUT2D eigenvalue weighted by molar-refractivity contribution is -0.118. The van der Waals surface area contributed by atoms with Crippen LogP contribution in [0.2, 0.25) is 0 Å². The van der Waals surface area contributed by atoms with Crippen molar-refractivity contribution in [3.63, 3.8) is 0 Å². The minimum Gasteiger partial charge on any atom is -0.326 e. The second kappa shape index (κ2) is 1.47. The summed E-state index contributed by atoms with van der Waals surface area (Å²) >= 11 is 0. The van der Waals surface area contributed by atoms with Gasteiger partial charge in [0.2, 0.25) is 5.91 Å². The van der Waals surface area contributed by atoms with Crippen LogP contribution in [-0.4, -0.2) is 5.91 Å². The molecule has 0 aromatic rings. The highest BCUT2D eigenvalue weighted by Crippen LogP contribution is 2.13. The third-order valence-corrected chi connectivity index (χ3v) is 1.09. The van der Waals surface area contributed by atoms with Crippen molar-refractivity contribution in [2.75, 3.05) is 0 Å². The number of hydrogen-bond acceptors (Lipinski definition) is 1. The SMILES string of the molecule is C=C1CC(=O)NC1=C. The molecule has 1 aliphatic rings. The lowest BCUT2D eigenvalue weighted by Gasteiger charge is -1.88. The molecule has 0 saturated carbocycles. The van der Waals surface area contributed by atoms with Crippen LogP contribution < -0.4 is 5.32 Å². The summed E-state index contributed by atoms with van der Waals surface area (Å²) in [6, 6.07) is 0. The molecule has 1 saturated heterocycles. The van der Waals surface area contributed by atoms with Gasteiger partial charge in [-0.25, -0.2) is 0 Å². The van der Waals surface area contributed by atoms with Gasteiger partial charge in [0.15, 0.2) is 0 Å². The minimum atomic E-state index is 0.000000000000000222. The zero-order valence-corrected chi connectivity index (χ0v) is 4.53. The van der Waals surface area contributed by atoms with Crippen molar-refractivity contribution in [2.24, 2.45) is 0 Å². The Morgan fingerprint density at radius 3 is 2.25 bits per heavy atom. The molecular formula is C6H7NO. The number of rotatable bonds is 0. The molecule has 0 aromatic heterocycles. The van der Waals surface area contributed by atoms with Gasteiger partial charge in [0.1, 0.15) is 0 Å². The molecule has 1 amide bonds. The van der Waals surface area contributed by atoms with Crippen LogP contribution >= 0.6 is 0 Å². The third-order valence-electron chi connectivity index (χ3n) is 1.09. The largest absolute Gasteiger partial charge is 0.326 e. The lowest BCUT2D eigenvalue weighted by atomic mass is 10.2. The van der Waals surface area contributed by atoms with Crippen LogP contribution in [0.25, 0.3) is 0 Å². The van der Waals surface area contributed by atoms with Gasteiger partial charge in [-0.1, -0.05) is 13.2 Å². The van der Waals surface area contributed by atoms with Crippen LogP contribution in [0.3, 0.4) is 0 Å². The molecule has 0 atom stereocenters. The summed E-state index contributed by atoms with van der Waals surface area (Å²) in [4.78, 5) is 10.4. The van der Waals surface area contributed by atoms with E-state index < -0.39 is 0 Å². The number of nitrogens with one attached hydrogen (secondary N) is 1. The molecule has 2 heteroatoms. The van der Waals surface area contributed by atoms with Gasteiger partial charge in [0.25, 0.3) is 0 Å². The van der Waals surface area contributed by atoms with E-state index in [1.807, 2.05) is 0 Å². The van der Waals surface area contributed by atoms with E-state index in [1.165, 1.54) is 0 Å². The predicted octanol–water partition coefficient (Wildman–Crippen LogP) is 0.576. The van der Waals surface area contributed by atoms with Crippen LogP contribution in [0.5, 0.6) is 0 Å². The second-order valence-corrected chi connectivity index (χ2v) is 1.81. The monoisotopic (exact) mass is 109 g/mol. The molecule has 1 rings (SSSR count). The Kier molecular flexibility index (Phi) is 0.938. The van der Waals surface area contributed by atoms with E-state index in [0.717, 1.165) is 5.57 Å². The van der Waals surface area contributed by atoms with Gasteiger partial charge in [-0.3, -0.25) is 4.79 Å². The maximum absolute atomic E-state index is 10.4. The highest BCUT2D eigenvalue weighted by Gasteiger charge is 2.15.